The Kier molecular flexibility index (Phi) is 6.16. The molecule has 160 valence electrons. The van der Waals surface area contributed by atoms with Crippen molar-refractivity contribution in [3.05, 3.63) is 64.2 Å². The first-order chi connectivity index (χ1) is 14.4. The molecule has 2 heterocycles. The molecule has 0 radical (unpaired) electrons. The Bertz CT molecular complexity index is 1060. The summed E-state index contributed by atoms with van der Waals surface area (Å²) < 4.78 is 28.1. The average molecular weight is 448 g/mol. The second-order valence-electron chi connectivity index (χ2n) is 7.95. The van der Waals surface area contributed by atoms with Crippen LogP contribution in [-0.2, 0) is 23.0 Å². The Balaban J connectivity index is 1.60. The van der Waals surface area contributed by atoms with Crippen molar-refractivity contribution in [2.24, 2.45) is 0 Å². The average Bonchev–Trinajstić information content (AvgIpc) is 2.97. The van der Waals surface area contributed by atoms with Crippen LogP contribution < -0.4 is 0 Å². The van der Waals surface area contributed by atoms with Crippen LogP contribution in [0.3, 0.4) is 0 Å². The van der Waals surface area contributed by atoms with E-state index < -0.39 is 10.0 Å². The van der Waals surface area contributed by atoms with Crippen LogP contribution in [0.15, 0.2) is 47.4 Å². The normalized spacial score (nSPS) is 18.7. The highest BCUT2D eigenvalue weighted by Crippen LogP contribution is 2.28. The van der Waals surface area contributed by atoms with Gasteiger partial charge < -0.3 is 9.80 Å². The SMILES string of the molecule is CN1CCCN(C(=O)c2cc(S(=O)(=O)N3CCc4ccccc4C3)ccc2Cl)CC1. The summed E-state index contributed by atoms with van der Waals surface area (Å²) in [5.74, 6) is -0.212. The first-order valence-corrected chi connectivity index (χ1v) is 12.0. The smallest absolute Gasteiger partial charge is 0.255 e. The number of carbonyl (C=O) groups excluding carboxylic acids is 1. The van der Waals surface area contributed by atoms with E-state index in [0.717, 1.165) is 25.1 Å². The standard InChI is InChI=1S/C22H26ClN3O3S/c1-24-10-4-11-25(14-13-24)22(27)20-15-19(7-8-21(20)23)30(28,29)26-12-9-17-5-2-3-6-18(17)16-26/h2-3,5-8,15H,4,9-14,16H2,1H3. The number of hydrogen-bond donors (Lipinski definition) is 0. The molecule has 8 heteroatoms. The zero-order chi connectivity index (χ0) is 21.3. The lowest BCUT2D eigenvalue weighted by Crippen LogP contribution is -2.36. The summed E-state index contributed by atoms with van der Waals surface area (Å²) in [6.07, 6.45) is 1.56. The largest absolute Gasteiger partial charge is 0.337 e. The van der Waals surface area contributed by atoms with Gasteiger partial charge in [-0.25, -0.2) is 8.42 Å². The fourth-order valence-electron chi connectivity index (χ4n) is 4.07. The van der Waals surface area contributed by atoms with Gasteiger partial charge in [0.1, 0.15) is 0 Å². The molecule has 1 amide bonds. The third-order valence-electron chi connectivity index (χ3n) is 5.91. The van der Waals surface area contributed by atoms with E-state index >= 15 is 0 Å². The Morgan fingerprint density at radius 1 is 0.967 bits per heavy atom. The van der Waals surface area contributed by atoms with Gasteiger partial charge in [-0.15, -0.1) is 0 Å². The zero-order valence-electron chi connectivity index (χ0n) is 17.1. The molecular formula is C22H26ClN3O3S. The van der Waals surface area contributed by atoms with Gasteiger partial charge in [-0.3, -0.25) is 4.79 Å². The number of nitrogens with zero attached hydrogens (tertiary/aromatic N) is 3. The van der Waals surface area contributed by atoms with Crippen molar-refractivity contribution in [1.82, 2.24) is 14.1 Å². The van der Waals surface area contributed by atoms with E-state index in [0.29, 0.717) is 32.6 Å². The number of rotatable bonds is 3. The lowest BCUT2D eigenvalue weighted by atomic mass is 10.0. The predicted molar refractivity (Wildman–Crippen MR) is 117 cm³/mol. The van der Waals surface area contributed by atoms with E-state index in [9.17, 15) is 13.2 Å². The van der Waals surface area contributed by atoms with Gasteiger partial charge in [0.25, 0.3) is 5.91 Å². The fourth-order valence-corrected chi connectivity index (χ4v) is 5.72. The van der Waals surface area contributed by atoms with Crippen molar-refractivity contribution in [1.29, 1.82) is 0 Å². The van der Waals surface area contributed by atoms with Crippen LogP contribution in [0.2, 0.25) is 5.02 Å². The van der Waals surface area contributed by atoms with Gasteiger partial charge >= 0.3 is 0 Å². The van der Waals surface area contributed by atoms with E-state index in [2.05, 4.69) is 4.90 Å². The molecule has 6 nitrogen and oxygen atoms in total. The van der Waals surface area contributed by atoms with Gasteiger partial charge in [0.15, 0.2) is 0 Å². The van der Waals surface area contributed by atoms with Crippen LogP contribution in [-0.4, -0.2) is 68.2 Å². The highest BCUT2D eigenvalue weighted by molar-refractivity contribution is 7.89. The van der Waals surface area contributed by atoms with Crippen molar-refractivity contribution < 1.29 is 13.2 Å². The van der Waals surface area contributed by atoms with E-state index in [1.54, 1.807) is 4.90 Å². The minimum atomic E-state index is -3.73. The zero-order valence-corrected chi connectivity index (χ0v) is 18.6. The first kappa shape index (κ1) is 21.3. The monoisotopic (exact) mass is 447 g/mol. The van der Waals surface area contributed by atoms with Gasteiger partial charge in [0, 0.05) is 32.7 Å². The molecule has 0 atom stereocenters. The lowest BCUT2D eigenvalue weighted by Gasteiger charge is -2.28. The molecule has 30 heavy (non-hydrogen) atoms. The predicted octanol–water partition coefficient (Wildman–Crippen LogP) is 2.86. The third kappa shape index (κ3) is 4.25. The number of hydrogen-bond acceptors (Lipinski definition) is 4. The van der Waals surface area contributed by atoms with Crippen LogP contribution >= 0.6 is 11.6 Å². The molecule has 0 spiro atoms. The van der Waals surface area contributed by atoms with Crippen LogP contribution in [0.25, 0.3) is 0 Å². The Morgan fingerprint density at radius 3 is 2.53 bits per heavy atom. The van der Waals surface area contributed by atoms with Crippen LogP contribution in [0.5, 0.6) is 0 Å². The molecule has 1 saturated heterocycles. The summed E-state index contributed by atoms with van der Waals surface area (Å²) in [5.41, 5.74) is 2.45. The van der Waals surface area contributed by atoms with E-state index in [4.69, 9.17) is 11.6 Å². The number of benzene rings is 2. The van der Waals surface area contributed by atoms with Crippen molar-refractivity contribution in [3.8, 4) is 0 Å². The van der Waals surface area contributed by atoms with E-state index in [-0.39, 0.29) is 21.4 Å². The molecule has 2 aliphatic heterocycles. The van der Waals surface area contributed by atoms with Gasteiger partial charge in [-0.1, -0.05) is 35.9 Å². The summed E-state index contributed by atoms with van der Waals surface area (Å²) in [4.78, 5) is 17.2. The number of carbonyl (C=O) groups is 1. The molecule has 0 aromatic heterocycles. The summed E-state index contributed by atoms with van der Waals surface area (Å²) in [6, 6.07) is 12.3. The Labute approximate surface area is 183 Å². The van der Waals surface area contributed by atoms with Crippen LogP contribution in [0.1, 0.15) is 27.9 Å². The van der Waals surface area contributed by atoms with Crippen molar-refractivity contribution in [2.45, 2.75) is 24.3 Å². The topological polar surface area (TPSA) is 60.9 Å². The number of halogens is 1. The van der Waals surface area contributed by atoms with Crippen molar-refractivity contribution in [2.75, 3.05) is 39.8 Å². The molecule has 2 aromatic rings. The summed E-state index contributed by atoms with van der Waals surface area (Å²) in [5, 5.41) is 0.278. The minimum Gasteiger partial charge on any atom is -0.337 e. The van der Waals surface area contributed by atoms with Gasteiger partial charge in [0.05, 0.1) is 15.5 Å². The molecule has 0 N–H and O–H groups in total. The van der Waals surface area contributed by atoms with Gasteiger partial charge in [-0.2, -0.15) is 4.31 Å². The lowest BCUT2D eigenvalue weighted by molar-refractivity contribution is 0.0762. The summed E-state index contributed by atoms with van der Waals surface area (Å²) >= 11 is 6.32. The highest BCUT2D eigenvalue weighted by atomic mass is 35.5. The summed E-state index contributed by atoms with van der Waals surface area (Å²) in [7, 11) is -1.70. The second kappa shape index (κ2) is 8.67. The van der Waals surface area contributed by atoms with Crippen molar-refractivity contribution >= 4 is 27.5 Å². The molecule has 0 saturated carbocycles. The van der Waals surface area contributed by atoms with E-state index in [1.165, 1.54) is 28.1 Å². The quantitative estimate of drug-likeness (QED) is 0.725. The highest BCUT2D eigenvalue weighted by Gasteiger charge is 2.30. The maximum Gasteiger partial charge on any atom is 0.255 e. The van der Waals surface area contributed by atoms with Crippen molar-refractivity contribution in [3.63, 3.8) is 0 Å². The maximum atomic E-state index is 13.3. The van der Waals surface area contributed by atoms with Gasteiger partial charge in [-0.05, 0) is 55.8 Å². The third-order valence-corrected chi connectivity index (χ3v) is 8.08. The molecule has 0 bridgehead atoms. The Morgan fingerprint density at radius 2 is 1.73 bits per heavy atom. The van der Waals surface area contributed by atoms with Crippen LogP contribution in [0, 0.1) is 0 Å². The number of sulfonamides is 1. The number of fused-ring (bicyclic) bond motifs is 1. The molecule has 1 fully saturated rings. The summed E-state index contributed by atoms with van der Waals surface area (Å²) in [6.45, 7) is 3.72. The first-order valence-electron chi connectivity index (χ1n) is 10.2. The number of likely N-dealkylation sites (N-methyl/N-ethyl adjacent to an activating group) is 1. The Hall–Kier alpha value is -1.93. The van der Waals surface area contributed by atoms with E-state index in [1.807, 2.05) is 31.3 Å². The number of amides is 1. The molecular weight excluding hydrogens is 422 g/mol. The minimum absolute atomic E-state index is 0.113. The molecule has 2 aliphatic rings. The second-order valence-corrected chi connectivity index (χ2v) is 10.3. The van der Waals surface area contributed by atoms with Crippen LogP contribution in [0.4, 0.5) is 0 Å². The molecule has 4 rings (SSSR count). The maximum absolute atomic E-state index is 13.3. The van der Waals surface area contributed by atoms with Gasteiger partial charge in [0.2, 0.25) is 10.0 Å². The molecule has 0 unspecified atom stereocenters. The fraction of sp³-hybridized carbons (Fsp3) is 0.409. The molecule has 0 aliphatic carbocycles. The molecule has 2 aromatic carbocycles.